The Bertz CT molecular complexity index is 754. The number of halogens is 5. The highest BCUT2D eigenvalue weighted by atomic mass is 35.5. The molecule has 2 aromatic rings. The second-order valence-electron chi connectivity index (χ2n) is 5.33. The van der Waals surface area contributed by atoms with Crippen LogP contribution in [0.5, 0.6) is 0 Å². The molecule has 0 saturated carbocycles. The maximum Gasteiger partial charge on any atom is 0.416 e. The molecule has 0 amide bonds. The van der Waals surface area contributed by atoms with Crippen LogP contribution in [-0.4, -0.2) is 11.6 Å². The van der Waals surface area contributed by atoms with E-state index in [9.17, 15) is 13.2 Å². The molecule has 0 aliphatic carbocycles. The first kappa shape index (κ1) is 20.3. The van der Waals surface area contributed by atoms with Crippen molar-refractivity contribution in [2.24, 2.45) is 0 Å². The van der Waals surface area contributed by atoms with Crippen molar-refractivity contribution in [1.29, 1.82) is 5.41 Å². The zero-order valence-electron chi connectivity index (χ0n) is 12.5. The zero-order valence-corrected chi connectivity index (χ0v) is 15.0. The van der Waals surface area contributed by atoms with Crippen LogP contribution in [0.2, 0.25) is 0 Å². The van der Waals surface area contributed by atoms with E-state index in [4.69, 9.17) is 5.41 Å². The van der Waals surface area contributed by atoms with Gasteiger partial charge in [-0.1, -0.05) is 18.3 Å². The largest absolute Gasteiger partial charge is 0.416 e. The van der Waals surface area contributed by atoms with Crippen molar-refractivity contribution >= 4 is 46.4 Å². The average molecular weight is 388 g/mol. The second-order valence-corrected chi connectivity index (χ2v) is 6.36. The van der Waals surface area contributed by atoms with E-state index in [1.165, 1.54) is 12.1 Å². The quantitative estimate of drug-likeness (QED) is 0.772. The molecule has 1 aromatic heterocycles. The van der Waals surface area contributed by atoms with Gasteiger partial charge in [0.25, 0.3) is 0 Å². The SMILES string of the molecule is CC[C@H]1C[C@H](NC)n2c(=N)sc3cc(C(F)(F)F)cc1c32.Cl.Cl. The maximum absolute atomic E-state index is 13.1. The number of aromatic nitrogens is 1. The first-order valence-corrected chi connectivity index (χ1v) is 7.66. The van der Waals surface area contributed by atoms with Crippen LogP contribution in [0.25, 0.3) is 10.2 Å². The fourth-order valence-electron chi connectivity index (χ4n) is 3.13. The van der Waals surface area contributed by atoms with Gasteiger partial charge in [-0.05, 0) is 43.5 Å². The molecule has 1 aromatic carbocycles. The lowest BCUT2D eigenvalue weighted by molar-refractivity contribution is -0.137. The Morgan fingerprint density at radius 2 is 2.00 bits per heavy atom. The summed E-state index contributed by atoms with van der Waals surface area (Å²) in [6, 6.07) is 2.44. The molecule has 3 rings (SSSR count). The highest BCUT2D eigenvalue weighted by Crippen LogP contribution is 2.43. The first-order valence-electron chi connectivity index (χ1n) is 6.84. The molecule has 0 saturated heterocycles. The molecular formula is C14H18Cl2F3N3S. The molecular weight excluding hydrogens is 370 g/mol. The highest BCUT2D eigenvalue weighted by molar-refractivity contribution is 7.16. The number of rotatable bonds is 2. The number of hydrogen-bond donors (Lipinski definition) is 2. The van der Waals surface area contributed by atoms with Crippen LogP contribution < -0.4 is 10.1 Å². The summed E-state index contributed by atoms with van der Waals surface area (Å²) in [6.45, 7) is 1.99. The summed E-state index contributed by atoms with van der Waals surface area (Å²) in [7, 11) is 1.82. The molecule has 9 heteroatoms. The number of thiazole rings is 1. The van der Waals surface area contributed by atoms with Gasteiger partial charge in [-0.25, -0.2) is 0 Å². The molecule has 130 valence electrons. The van der Waals surface area contributed by atoms with E-state index in [0.717, 1.165) is 28.8 Å². The van der Waals surface area contributed by atoms with Gasteiger partial charge in [0.15, 0.2) is 4.80 Å². The van der Waals surface area contributed by atoms with E-state index >= 15 is 0 Å². The molecule has 2 atom stereocenters. The molecule has 1 aliphatic heterocycles. The van der Waals surface area contributed by atoms with Crippen molar-refractivity contribution < 1.29 is 13.2 Å². The van der Waals surface area contributed by atoms with E-state index in [2.05, 4.69) is 5.32 Å². The number of alkyl halides is 3. The van der Waals surface area contributed by atoms with Crippen LogP contribution in [0.15, 0.2) is 12.1 Å². The molecule has 0 radical (unpaired) electrons. The van der Waals surface area contributed by atoms with Gasteiger partial charge in [0, 0.05) is 0 Å². The Hall–Kier alpha value is -0.760. The maximum atomic E-state index is 13.1. The molecule has 2 N–H and O–H groups in total. The zero-order chi connectivity index (χ0) is 15.4. The summed E-state index contributed by atoms with van der Waals surface area (Å²) in [4.78, 5) is 0.291. The Morgan fingerprint density at radius 1 is 1.35 bits per heavy atom. The minimum atomic E-state index is -4.35. The summed E-state index contributed by atoms with van der Waals surface area (Å²) < 4.78 is 41.6. The van der Waals surface area contributed by atoms with Crippen molar-refractivity contribution in [2.75, 3.05) is 7.05 Å². The standard InChI is InChI=1S/C14H16F3N3S.2ClH/c1-3-7-4-11(19-2)20-12-9(7)5-8(14(15,16)17)6-10(12)21-13(20)18;;/h5-7,11,18-19H,3-4H2,1-2H3;2*1H/t7-,11+;;/m0../s1. The van der Waals surface area contributed by atoms with Crippen LogP contribution in [0.4, 0.5) is 13.2 Å². The van der Waals surface area contributed by atoms with Gasteiger partial charge in [-0.15, -0.1) is 24.8 Å². The van der Waals surface area contributed by atoms with Gasteiger partial charge < -0.3 is 4.57 Å². The van der Waals surface area contributed by atoms with Crippen molar-refractivity contribution in [3.05, 3.63) is 28.1 Å². The Labute approximate surface area is 148 Å². The lowest BCUT2D eigenvalue weighted by Crippen LogP contribution is -2.34. The average Bonchev–Trinajstić information content (AvgIpc) is 2.76. The van der Waals surface area contributed by atoms with Crippen LogP contribution in [0, 0.1) is 5.41 Å². The number of nitrogens with one attached hydrogen (secondary N) is 2. The summed E-state index contributed by atoms with van der Waals surface area (Å²) in [5.41, 5.74) is 0.902. The normalized spacial score (nSPS) is 20.0. The van der Waals surface area contributed by atoms with Gasteiger partial charge in [-0.3, -0.25) is 10.7 Å². The minimum Gasteiger partial charge on any atom is -0.301 e. The topological polar surface area (TPSA) is 40.8 Å². The summed E-state index contributed by atoms with van der Waals surface area (Å²) >= 11 is 1.11. The molecule has 2 heterocycles. The third-order valence-electron chi connectivity index (χ3n) is 4.18. The van der Waals surface area contributed by atoms with E-state index in [0.29, 0.717) is 15.9 Å². The Kier molecular flexibility index (Phi) is 6.18. The minimum absolute atomic E-state index is 0. The Morgan fingerprint density at radius 3 is 2.52 bits per heavy atom. The third kappa shape index (κ3) is 3.24. The van der Waals surface area contributed by atoms with Crippen LogP contribution >= 0.6 is 36.2 Å². The molecule has 1 aliphatic rings. The van der Waals surface area contributed by atoms with E-state index in [1.54, 1.807) is 0 Å². The fraction of sp³-hybridized carbons (Fsp3) is 0.500. The first-order chi connectivity index (χ1) is 9.86. The van der Waals surface area contributed by atoms with Gasteiger partial charge in [-0.2, -0.15) is 13.2 Å². The molecule has 23 heavy (non-hydrogen) atoms. The van der Waals surface area contributed by atoms with E-state index in [-0.39, 0.29) is 36.9 Å². The number of hydrogen-bond acceptors (Lipinski definition) is 3. The van der Waals surface area contributed by atoms with E-state index in [1.807, 2.05) is 18.5 Å². The van der Waals surface area contributed by atoms with Gasteiger partial charge in [0.1, 0.15) is 0 Å². The van der Waals surface area contributed by atoms with Crippen molar-refractivity contribution in [3.63, 3.8) is 0 Å². The predicted octanol–water partition coefficient (Wildman–Crippen LogP) is 4.66. The lowest BCUT2D eigenvalue weighted by Gasteiger charge is -2.31. The van der Waals surface area contributed by atoms with Gasteiger partial charge in [0.2, 0.25) is 0 Å². The fourth-order valence-corrected chi connectivity index (χ4v) is 4.15. The van der Waals surface area contributed by atoms with Crippen molar-refractivity contribution in [2.45, 2.75) is 38.0 Å². The molecule has 0 fully saturated rings. The lowest BCUT2D eigenvalue weighted by atomic mass is 9.87. The van der Waals surface area contributed by atoms with Gasteiger partial charge >= 0.3 is 6.18 Å². The number of nitrogens with zero attached hydrogens (tertiary/aromatic N) is 1. The van der Waals surface area contributed by atoms with Crippen molar-refractivity contribution in [1.82, 2.24) is 9.88 Å². The van der Waals surface area contributed by atoms with Gasteiger partial charge in [0.05, 0.1) is 21.9 Å². The van der Waals surface area contributed by atoms with Crippen LogP contribution in [0.3, 0.4) is 0 Å². The van der Waals surface area contributed by atoms with Crippen LogP contribution in [-0.2, 0) is 6.18 Å². The molecule has 3 nitrogen and oxygen atoms in total. The third-order valence-corrected chi connectivity index (χ3v) is 5.10. The summed E-state index contributed by atoms with van der Waals surface area (Å²) in [5, 5.41) is 11.2. The summed E-state index contributed by atoms with van der Waals surface area (Å²) in [5.74, 6) is 0.0845. The van der Waals surface area contributed by atoms with Crippen molar-refractivity contribution in [3.8, 4) is 0 Å². The van der Waals surface area contributed by atoms with Crippen LogP contribution in [0.1, 0.15) is 43.0 Å². The highest BCUT2D eigenvalue weighted by Gasteiger charge is 2.35. The second kappa shape index (κ2) is 7.01. The number of benzene rings is 1. The Balaban J connectivity index is 0.00000132. The molecule has 0 unspecified atom stereocenters. The smallest absolute Gasteiger partial charge is 0.301 e. The molecule has 0 bridgehead atoms. The predicted molar refractivity (Wildman–Crippen MR) is 90.9 cm³/mol. The summed E-state index contributed by atoms with van der Waals surface area (Å²) in [6.07, 6.45) is -2.87. The monoisotopic (exact) mass is 387 g/mol. The van der Waals surface area contributed by atoms with E-state index < -0.39 is 11.7 Å². The molecule has 0 spiro atoms.